The number of aryl methyl sites for hydroxylation is 2. The first kappa shape index (κ1) is 11.0. The summed E-state index contributed by atoms with van der Waals surface area (Å²) in [7, 11) is 1.96. The molecule has 0 spiro atoms. The fraction of sp³-hybridized carbons (Fsp3) is 0.231. The molecule has 3 rings (SSSR count). The molecule has 92 valence electrons. The molecule has 5 nitrogen and oxygen atoms in total. The van der Waals surface area contributed by atoms with Crippen molar-refractivity contribution in [1.82, 2.24) is 14.5 Å². The Bertz CT molecular complexity index is 711. The summed E-state index contributed by atoms with van der Waals surface area (Å²) in [6, 6.07) is 5.94. The van der Waals surface area contributed by atoms with Gasteiger partial charge in [0.1, 0.15) is 5.52 Å². The van der Waals surface area contributed by atoms with Gasteiger partial charge in [-0.1, -0.05) is 6.07 Å². The van der Waals surface area contributed by atoms with E-state index in [1.54, 1.807) is 6.33 Å². The highest BCUT2D eigenvalue weighted by molar-refractivity contribution is 5.80. The molecular weight excluding hydrogens is 228 g/mol. The first-order valence-electron chi connectivity index (χ1n) is 5.77. The van der Waals surface area contributed by atoms with E-state index in [1.807, 2.05) is 36.7 Å². The maximum atomic E-state index is 5.71. The van der Waals surface area contributed by atoms with E-state index in [0.29, 0.717) is 12.4 Å². The van der Waals surface area contributed by atoms with E-state index in [9.17, 15) is 0 Å². The number of rotatable bonds is 2. The second-order valence-corrected chi connectivity index (χ2v) is 4.27. The van der Waals surface area contributed by atoms with E-state index >= 15 is 0 Å². The Kier molecular flexibility index (Phi) is 2.41. The highest BCUT2D eigenvalue weighted by atomic mass is 16.3. The van der Waals surface area contributed by atoms with Crippen LogP contribution >= 0.6 is 0 Å². The molecule has 0 amide bonds. The molecule has 0 bridgehead atoms. The van der Waals surface area contributed by atoms with Crippen molar-refractivity contribution in [3.05, 3.63) is 36.1 Å². The Morgan fingerprint density at radius 2 is 2.22 bits per heavy atom. The van der Waals surface area contributed by atoms with Crippen LogP contribution in [0.5, 0.6) is 0 Å². The zero-order valence-corrected chi connectivity index (χ0v) is 10.3. The summed E-state index contributed by atoms with van der Waals surface area (Å²) >= 11 is 0. The molecule has 18 heavy (non-hydrogen) atoms. The van der Waals surface area contributed by atoms with Crippen LogP contribution in [0.3, 0.4) is 0 Å². The molecule has 0 saturated heterocycles. The van der Waals surface area contributed by atoms with Crippen LogP contribution in [-0.2, 0) is 13.6 Å². The van der Waals surface area contributed by atoms with E-state index in [4.69, 9.17) is 10.2 Å². The number of nitrogens with two attached hydrogens (primary N) is 1. The molecule has 0 unspecified atom stereocenters. The van der Waals surface area contributed by atoms with Crippen LogP contribution < -0.4 is 5.73 Å². The minimum Gasteiger partial charge on any atom is -0.441 e. The first-order chi connectivity index (χ1) is 8.69. The van der Waals surface area contributed by atoms with Crippen molar-refractivity contribution in [2.75, 3.05) is 0 Å². The first-order valence-corrected chi connectivity index (χ1v) is 5.77. The molecule has 5 heteroatoms. The normalized spacial score (nSPS) is 11.3. The summed E-state index contributed by atoms with van der Waals surface area (Å²) in [5.74, 6) is 0.672. The van der Waals surface area contributed by atoms with Crippen molar-refractivity contribution >= 4 is 11.1 Å². The average Bonchev–Trinajstić information content (AvgIpc) is 2.89. The van der Waals surface area contributed by atoms with Gasteiger partial charge in [0, 0.05) is 26.1 Å². The van der Waals surface area contributed by atoms with Gasteiger partial charge in [-0.25, -0.2) is 9.97 Å². The number of oxazole rings is 1. The molecule has 2 aromatic heterocycles. The lowest BCUT2D eigenvalue weighted by molar-refractivity contribution is 0.561. The number of nitrogens with zero attached hydrogens (tertiary/aromatic N) is 3. The summed E-state index contributed by atoms with van der Waals surface area (Å²) in [6.45, 7) is 2.26. The Balaban J connectivity index is 2.21. The second kappa shape index (κ2) is 3.96. The Hall–Kier alpha value is -2.14. The molecule has 0 fully saturated rings. The van der Waals surface area contributed by atoms with Crippen LogP contribution in [0.15, 0.2) is 28.9 Å². The number of fused-ring (bicyclic) bond motifs is 1. The van der Waals surface area contributed by atoms with Crippen LogP contribution in [0.25, 0.3) is 22.4 Å². The Morgan fingerprint density at radius 3 is 3.00 bits per heavy atom. The summed E-state index contributed by atoms with van der Waals surface area (Å²) in [4.78, 5) is 8.57. The van der Waals surface area contributed by atoms with Gasteiger partial charge in [-0.2, -0.15) is 0 Å². The van der Waals surface area contributed by atoms with Gasteiger partial charge in [-0.3, -0.25) is 0 Å². The van der Waals surface area contributed by atoms with Crippen LogP contribution in [0.2, 0.25) is 0 Å². The summed E-state index contributed by atoms with van der Waals surface area (Å²) in [5.41, 5.74) is 10.3. The number of benzene rings is 1. The SMILES string of the molecule is Cc1nc2ccc(-c3c(CN)ncn3C)cc2o1. The van der Waals surface area contributed by atoms with Crippen molar-refractivity contribution in [1.29, 1.82) is 0 Å². The summed E-state index contributed by atoms with van der Waals surface area (Å²) in [5, 5.41) is 0. The van der Waals surface area contributed by atoms with Gasteiger partial charge in [-0.05, 0) is 12.1 Å². The largest absolute Gasteiger partial charge is 0.441 e. The summed E-state index contributed by atoms with van der Waals surface area (Å²) < 4.78 is 7.51. The molecule has 0 aliphatic rings. The van der Waals surface area contributed by atoms with E-state index in [1.165, 1.54) is 0 Å². The van der Waals surface area contributed by atoms with Crippen molar-refractivity contribution in [3.63, 3.8) is 0 Å². The van der Waals surface area contributed by atoms with Gasteiger partial charge in [0.15, 0.2) is 11.5 Å². The van der Waals surface area contributed by atoms with Crippen LogP contribution in [0, 0.1) is 6.92 Å². The number of hydrogen-bond acceptors (Lipinski definition) is 4. The lowest BCUT2D eigenvalue weighted by Gasteiger charge is -2.04. The molecule has 0 saturated carbocycles. The van der Waals surface area contributed by atoms with Crippen molar-refractivity contribution < 1.29 is 4.42 Å². The predicted octanol–water partition coefficient (Wildman–Crippen LogP) is 2.00. The quantitative estimate of drug-likeness (QED) is 0.746. The zero-order chi connectivity index (χ0) is 12.7. The van der Waals surface area contributed by atoms with Gasteiger partial charge in [0.25, 0.3) is 0 Å². The monoisotopic (exact) mass is 242 g/mol. The van der Waals surface area contributed by atoms with Crippen molar-refractivity contribution in [2.24, 2.45) is 12.8 Å². The molecule has 2 N–H and O–H groups in total. The molecule has 2 heterocycles. The lowest BCUT2D eigenvalue weighted by Crippen LogP contribution is -2.00. The smallest absolute Gasteiger partial charge is 0.192 e. The third-order valence-corrected chi connectivity index (χ3v) is 2.97. The zero-order valence-electron chi connectivity index (χ0n) is 10.3. The Labute approximate surface area is 104 Å². The average molecular weight is 242 g/mol. The van der Waals surface area contributed by atoms with E-state index < -0.39 is 0 Å². The van der Waals surface area contributed by atoms with Crippen molar-refractivity contribution in [3.8, 4) is 11.3 Å². The lowest BCUT2D eigenvalue weighted by atomic mass is 10.1. The van der Waals surface area contributed by atoms with Crippen LogP contribution in [0.4, 0.5) is 0 Å². The highest BCUT2D eigenvalue weighted by Crippen LogP contribution is 2.26. The maximum Gasteiger partial charge on any atom is 0.192 e. The van der Waals surface area contributed by atoms with Gasteiger partial charge < -0.3 is 14.7 Å². The fourth-order valence-corrected chi connectivity index (χ4v) is 2.19. The third-order valence-electron chi connectivity index (χ3n) is 2.97. The number of hydrogen-bond donors (Lipinski definition) is 1. The fourth-order valence-electron chi connectivity index (χ4n) is 2.19. The molecule has 0 aliphatic heterocycles. The maximum absolute atomic E-state index is 5.71. The minimum absolute atomic E-state index is 0.420. The molecule has 3 aromatic rings. The van der Waals surface area contributed by atoms with Gasteiger partial charge in [0.2, 0.25) is 0 Å². The molecule has 1 aromatic carbocycles. The predicted molar refractivity (Wildman–Crippen MR) is 68.8 cm³/mol. The van der Waals surface area contributed by atoms with E-state index in [-0.39, 0.29) is 0 Å². The number of imidazole rings is 1. The topological polar surface area (TPSA) is 69.9 Å². The second-order valence-electron chi connectivity index (χ2n) is 4.27. The standard InChI is InChI=1S/C13H14N4O/c1-8-16-10-4-3-9(5-12(10)18-8)13-11(6-14)15-7-17(13)2/h3-5,7H,6,14H2,1-2H3. The molecule has 0 aliphatic carbocycles. The van der Waals surface area contributed by atoms with Gasteiger partial charge >= 0.3 is 0 Å². The van der Waals surface area contributed by atoms with E-state index in [2.05, 4.69) is 9.97 Å². The third kappa shape index (κ3) is 1.60. The molecule has 0 atom stereocenters. The molecule has 0 radical (unpaired) electrons. The van der Waals surface area contributed by atoms with Crippen LogP contribution in [0.1, 0.15) is 11.6 Å². The molecular formula is C13H14N4O. The van der Waals surface area contributed by atoms with E-state index in [0.717, 1.165) is 28.1 Å². The van der Waals surface area contributed by atoms with Gasteiger partial charge in [0.05, 0.1) is 17.7 Å². The minimum atomic E-state index is 0.420. The highest BCUT2D eigenvalue weighted by Gasteiger charge is 2.12. The summed E-state index contributed by atoms with van der Waals surface area (Å²) in [6.07, 6.45) is 1.77. The van der Waals surface area contributed by atoms with Gasteiger partial charge in [-0.15, -0.1) is 0 Å². The Morgan fingerprint density at radius 1 is 1.39 bits per heavy atom. The van der Waals surface area contributed by atoms with Crippen molar-refractivity contribution in [2.45, 2.75) is 13.5 Å². The van der Waals surface area contributed by atoms with Crippen LogP contribution in [-0.4, -0.2) is 14.5 Å². The number of aromatic nitrogens is 3.